The van der Waals surface area contributed by atoms with Gasteiger partial charge in [-0.1, -0.05) is 75.7 Å². The van der Waals surface area contributed by atoms with E-state index in [0.29, 0.717) is 22.8 Å². The van der Waals surface area contributed by atoms with E-state index in [9.17, 15) is 24.0 Å². The molecule has 2 N–H and O–H groups in total. The number of ether oxygens (including phenoxy) is 4. The fourth-order valence-corrected chi connectivity index (χ4v) is 7.55. The highest BCUT2D eigenvalue weighted by atomic mass is 35.5. The third kappa shape index (κ3) is 12.0. The number of nitrogens with one attached hydrogen (secondary N) is 2. The van der Waals surface area contributed by atoms with Crippen molar-refractivity contribution in [3.05, 3.63) is 76.3 Å². The SMILES string of the molecule is CCC(=O)N1CCN(Cc2ccc([C@H]3O[C@@H]3[C@@H](C)[C@@H]3CC=CC(=O)N[C@H](Cc4ccc(OC)c(Cl)c4)C(=O)NCC(C)(C)C(=O)O[C@@H](CC(C)C)C(=O)O3)cc2)CC1. The van der Waals surface area contributed by atoms with Crippen LogP contribution >= 0.6 is 11.6 Å². The molecular weight excluding hydrogens is 764 g/mol. The monoisotopic (exact) mass is 822 g/mol. The lowest BCUT2D eigenvalue weighted by Gasteiger charge is -2.34. The molecule has 0 bridgehead atoms. The Morgan fingerprint density at radius 1 is 0.983 bits per heavy atom. The van der Waals surface area contributed by atoms with Crippen molar-refractivity contribution in [1.82, 2.24) is 20.4 Å². The number of carbonyl (C=O) groups is 5. The van der Waals surface area contributed by atoms with Gasteiger partial charge in [0, 0.05) is 64.4 Å². The quantitative estimate of drug-likeness (QED) is 0.229. The molecule has 3 amide bonds. The van der Waals surface area contributed by atoms with Crippen LogP contribution in [0.25, 0.3) is 0 Å². The number of carbonyl (C=O) groups excluding carboxylic acids is 5. The maximum atomic E-state index is 13.8. The molecule has 3 aliphatic heterocycles. The summed E-state index contributed by atoms with van der Waals surface area (Å²) in [6, 6.07) is 12.4. The fourth-order valence-electron chi connectivity index (χ4n) is 7.27. The van der Waals surface area contributed by atoms with Crippen molar-refractivity contribution in [3.8, 4) is 5.75 Å². The van der Waals surface area contributed by atoms with Gasteiger partial charge in [0.2, 0.25) is 17.7 Å². The van der Waals surface area contributed by atoms with E-state index in [-0.39, 0.29) is 55.8 Å². The molecule has 0 aliphatic carbocycles. The summed E-state index contributed by atoms with van der Waals surface area (Å²) in [5, 5.41) is 5.94. The van der Waals surface area contributed by atoms with Gasteiger partial charge >= 0.3 is 11.9 Å². The van der Waals surface area contributed by atoms with E-state index in [4.69, 9.17) is 30.5 Å². The summed E-state index contributed by atoms with van der Waals surface area (Å²) in [4.78, 5) is 70.7. The number of piperazine rings is 1. The summed E-state index contributed by atoms with van der Waals surface area (Å²) < 4.78 is 23.4. The minimum atomic E-state index is -1.22. The molecule has 2 fully saturated rings. The van der Waals surface area contributed by atoms with Gasteiger partial charge in [-0.05, 0) is 61.1 Å². The van der Waals surface area contributed by atoms with Crippen LogP contribution in [0.1, 0.15) is 83.6 Å². The van der Waals surface area contributed by atoms with Crippen molar-refractivity contribution in [2.75, 3.05) is 39.8 Å². The lowest BCUT2D eigenvalue weighted by Crippen LogP contribution is -2.51. The van der Waals surface area contributed by atoms with Crippen LogP contribution in [0.15, 0.2) is 54.6 Å². The Hall–Kier alpha value is -4.46. The Morgan fingerprint density at radius 2 is 1.67 bits per heavy atom. The van der Waals surface area contributed by atoms with Crippen LogP contribution in [0, 0.1) is 17.3 Å². The van der Waals surface area contributed by atoms with Crippen LogP contribution in [0.2, 0.25) is 5.02 Å². The van der Waals surface area contributed by atoms with Crippen LogP contribution in [0.4, 0.5) is 0 Å². The van der Waals surface area contributed by atoms with E-state index >= 15 is 0 Å². The number of hydrogen-bond donors (Lipinski definition) is 2. The van der Waals surface area contributed by atoms with Crippen molar-refractivity contribution in [2.24, 2.45) is 17.3 Å². The summed E-state index contributed by atoms with van der Waals surface area (Å²) in [6.45, 7) is 14.7. The first-order chi connectivity index (χ1) is 27.6. The highest BCUT2D eigenvalue weighted by molar-refractivity contribution is 6.32. The summed E-state index contributed by atoms with van der Waals surface area (Å²) >= 11 is 6.36. The van der Waals surface area contributed by atoms with Crippen molar-refractivity contribution in [1.29, 1.82) is 0 Å². The molecule has 13 nitrogen and oxygen atoms in total. The Labute approximate surface area is 347 Å². The molecule has 2 saturated heterocycles. The van der Waals surface area contributed by atoms with E-state index in [1.807, 2.05) is 32.6 Å². The Balaban J connectivity index is 1.31. The third-order valence-corrected chi connectivity index (χ3v) is 11.3. The molecule has 6 atom stereocenters. The first kappa shape index (κ1) is 44.6. The van der Waals surface area contributed by atoms with Crippen molar-refractivity contribution >= 4 is 41.3 Å². The Bertz CT molecular complexity index is 1810. The van der Waals surface area contributed by atoms with Crippen LogP contribution in [0.3, 0.4) is 0 Å². The Morgan fingerprint density at radius 3 is 2.31 bits per heavy atom. The van der Waals surface area contributed by atoms with Crippen molar-refractivity contribution in [2.45, 2.75) is 104 Å². The van der Waals surface area contributed by atoms with Gasteiger partial charge in [0.1, 0.15) is 24.0 Å². The highest BCUT2D eigenvalue weighted by Gasteiger charge is 2.48. The lowest BCUT2D eigenvalue weighted by molar-refractivity contribution is -0.179. The van der Waals surface area contributed by atoms with Gasteiger partial charge in [-0.25, -0.2) is 4.79 Å². The predicted octanol–water partition coefficient (Wildman–Crippen LogP) is 5.18. The van der Waals surface area contributed by atoms with E-state index < -0.39 is 47.4 Å². The van der Waals surface area contributed by atoms with Gasteiger partial charge in [-0.3, -0.25) is 24.1 Å². The maximum absolute atomic E-state index is 13.8. The molecule has 316 valence electrons. The Kier molecular flexibility index (Phi) is 15.4. The lowest BCUT2D eigenvalue weighted by atomic mass is 9.92. The molecule has 0 radical (unpaired) electrons. The second kappa shape index (κ2) is 20.0. The van der Waals surface area contributed by atoms with Crippen molar-refractivity contribution < 1.29 is 42.9 Å². The number of cyclic esters (lactones) is 2. The smallest absolute Gasteiger partial charge is 0.347 e. The van der Waals surface area contributed by atoms with Crippen LogP contribution in [-0.4, -0.2) is 104 Å². The molecule has 0 saturated carbocycles. The zero-order chi connectivity index (χ0) is 42.1. The van der Waals surface area contributed by atoms with Crippen molar-refractivity contribution in [3.63, 3.8) is 0 Å². The van der Waals surface area contributed by atoms with Crippen LogP contribution in [0.5, 0.6) is 5.75 Å². The van der Waals surface area contributed by atoms with Crippen LogP contribution < -0.4 is 15.4 Å². The molecule has 5 rings (SSSR count). The fraction of sp³-hybridized carbons (Fsp3) is 0.568. The number of halogens is 1. The van der Waals surface area contributed by atoms with Gasteiger partial charge in [-0.2, -0.15) is 0 Å². The normalized spacial score (nSPS) is 25.3. The minimum absolute atomic E-state index is 0.000531. The molecule has 0 unspecified atom stereocenters. The maximum Gasteiger partial charge on any atom is 0.347 e. The molecule has 2 aromatic rings. The van der Waals surface area contributed by atoms with Gasteiger partial charge in [0.15, 0.2) is 6.10 Å². The third-order valence-electron chi connectivity index (χ3n) is 11.0. The van der Waals surface area contributed by atoms with E-state index in [1.165, 1.54) is 18.7 Å². The highest BCUT2D eigenvalue weighted by Crippen LogP contribution is 2.45. The van der Waals surface area contributed by atoms with Gasteiger partial charge in [0.05, 0.1) is 23.7 Å². The van der Waals surface area contributed by atoms with E-state index in [1.54, 1.807) is 38.1 Å². The second-order valence-electron chi connectivity index (χ2n) is 16.6. The summed E-state index contributed by atoms with van der Waals surface area (Å²) in [5.74, 6) is -1.99. The molecule has 0 aromatic heterocycles. The zero-order valence-corrected chi connectivity index (χ0v) is 35.5. The number of hydrogen-bond acceptors (Lipinski definition) is 10. The second-order valence-corrected chi connectivity index (χ2v) is 17.0. The number of rotatable bonds is 11. The van der Waals surface area contributed by atoms with Gasteiger partial charge in [-0.15, -0.1) is 0 Å². The first-order valence-electron chi connectivity index (χ1n) is 20.3. The topological polar surface area (TPSA) is 156 Å². The summed E-state index contributed by atoms with van der Waals surface area (Å²) in [5.41, 5.74) is 1.64. The van der Waals surface area contributed by atoms with E-state index in [0.717, 1.165) is 38.3 Å². The van der Waals surface area contributed by atoms with E-state index in [2.05, 4.69) is 39.8 Å². The number of benzene rings is 2. The molecule has 3 heterocycles. The van der Waals surface area contributed by atoms with Gasteiger partial charge in [0.25, 0.3) is 0 Å². The molecule has 2 aromatic carbocycles. The van der Waals surface area contributed by atoms with Gasteiger partial charge < -0.3 is 34.5 Å². The number of amides is 3. The first-order valence-corrected chi connectivity index (χ1v) is 20.7. The average molecular weight is 823 g/mol. The summed E-state index contributed by atoms with van der Waals surface area (Å²) in [6.07, 6.45) is 1.62. The molecular formula is C44H59ClN4O9. The average Bonchev–Trinajstić information content (AvgIpc) is 4.00. The number of epoxide rings is 1. The standard InChI is InChI=1S/C44H59ClN4O9/c1-8-38(51)49-20-18-48(19-21-49)25-29-12-15-31(16-13-29)40-39(58-40)28(4)34-10-9-11-37(50)47-33(24-30-14-17-35(55-7)32(45)23-30)41(52)46-26-44(5,6)43(54)57-36(22-27(2)3)42(53)56-34/h9,11-17,23,27-28,33-34,36,39-40H,8,10,18-22,24-26H2,1-7H3,(H,46,52)(H,47,50)/t28-,33+,34-,36-,39+,40+/m0/s1. The largest absolute Gasteiger partial charge is 0.495 e. The van der Waals surface area contributed by atoms with Crippen LogP contribution in [-0.2, 0) is 51.1 Å². The molecule has 3 aliphatic rings. The number of methoxy groups -OCH3 is 1. The molecule has 14 heteroatoms. The predicted molar refractivity (Wildman–Crippen MR) is 219 cm³/mol. The zero-order valence-electron chi connectivity index (χ0n) is 34.8. The number of esters is 2. The summed E-state index contributed by atoms with van der Waals surface area (Å²) in [7, 11) is 1.51. The number of nitrogens with zero attached hydrogens (tertiary/aromatic N) is 2. The molecule has 58 heavy (non-hydrogen) atoms. The molecule has 0 spiro atoms. The minimum Gasteiger partial charge on any atom is -0.495 e.